The van der Waals surface area contributed by atoms with E-state index in [1.165, 1.54) is 29.5 Å². The van der Waals surface area contributed by atoms with E-state index in [-0.39, 0.29) is 17.5 Å². The first-order valence-electron chi connectivity index (χ1n) is 7.73. The Morgan fingerprint density at radius 1 is 1.16 bits per heavy atom. The molecule has 0 aliphatic heterocycles. The highest BCUT2D eigenvalue weighted by molar-refractivity contribution is 7.99. The summed E-state index contributed by atoms with van der Waals surface area (Å²) in [5.74, 6) is 0.295. The lowest BCUT2D eigenvalue weighted by molar-refractivity contribution is -0.113. The number of amides is 1. The molecule has 1 heterocycles. The first-order valence-corrected chi connectivity index (χ1v) is 8.71. The summed E-state index contributed by atoms with van der Waals surface area (Å²) in [6.45, 7) is 4.03. The number of hydrogen-bond donors (Lipinski definition) is 1. The Balaban J connectivity index is 1.57. The summed E-state index contributed by atoms with van der Waals surface area (Å²) in [6, 6.07) is 11.8. The summed E-state index contributed by atoms with van der Waals surface area (Å²) < 4.78 is 18.5. The third kappa shape index (κ3) is 4.48. The molecule has 0 radical (unpaired) electrons. The number of nitrogens with zero attached hydrogens (tertiary/aromatic N) is 1. The molecule has 0 saturated carbocycles. The molecule has 128 valence electrons. The van der Waals surface area contributed by atoms with Crippen molar-refractivity contribution in [2.75, 3.05) is 11.1 Å². The Labute approximate surface area is 149 Å². The van der Waals surface area contributed by atoms with Gasteiger partial charge in [-0.25, -0.2) is 9.37 Å². The average Bonchev–Trinajstić information content (AvgIpc) is 3.06. The maximum absolute atomic E-state index is 12.9. The number of halogens is 1. The number of nitrogens with one attached hydrogen (secondary N) is 1. The summed E-state index contributed by atoms with van der Waals surface area (Å²) >= 11 is 1.21. The van der Waals surface area contributed by atoms with Gasteiger partial charge >= 0.3 is 0 Å². The molecule has 6 heteroatoms. The highest BCUT2D eigenvalue weighted by Crippen LogP contribution is 2.25. The number of hydrogen-bond acceptors (Lipinski definition) is 4. The SMILES string of the molecule is Cc1ccc(NC(=O)CSc2ncc(-c3ccc(F)cc3)o2)cc1C. The van der Waals surface area contributed by atoms with Gasteiger partial charge in [-0.05, 0) is 61.4 Å². The quantitative estimate of drug-likeness (QED) is 0.666. The van der Waals surface area contributed by atoms with Gasteiger partial charge in [-0.1, -0.05) is 17.8 Å². The highest BCUT2D eigenvalue weighted by atomic mass is 32.2. The van der Waals surface area contributed by atoms with E-state index in [9.17, 15) is 9.18 Å². The lowest BCUT2D eigenvalue weighted by Gasteiger charge is -2.06. The second-order valence-electron chi connectivity index (χ2n) is 5.63. The molecule has 1 N–H and O–H groups in total. The van der Waals surface area contributed by atoms with Crippen LogP contribution < -0.4 is 5.32 Å². The first-order chi connectivity index (χ1) is 12.0. The van der Waals surface area contributed by atoms with Crippen LogP contribution >= 0.6 is 11.8 Å². The number of rotatable bonds is 5. The van der Waals surface area contributed by atoms with Crippen molar-refractivity contribution in [2.24, 2.45) is 0 Å². The minimum atomic E-state index is -0.305. The van der Waals surface area contributed by atoms with Crippen LogP contribution in [0.3, 0.4) is 0 Å². The Hall–Kier alpha value is -2.60. The Kier molecular flexibility index (Phi) is 5.19. The van der Waals surface area contributed by atoms with Crippen LogP contribution in [0.1, 0.15) is 11.1 Å². The number of aromatic nitrogens is 1. The zero-order chi connectivity index (χ0) is 17.8. The van der Waals surface area contributed by atoms with Gasteiger partial charge in [-0.2, -0.15) is 0 Å². The van der Waals surface area contributed by atoms with Gasteiger partial charge in [-0.3, -0.25) is 4.79 Å². The van der Waals surface area contributed by atoms with E-state index in [0.29, 0.717) is 11.0 Å². The molecule has 0 aliphatic carbocycles. The number of thioether (sulfide) groups is 1. The van der Waals surface area contributed by atoms with Crippen molar-refractivity contribution in [3.8, 4) is 11.3 Å². The molecular formula is C19H17FN2O2S. The van der Waals surface area contributed by atoms with Gasteiger partial charge < -0.3 is 9.73 Å². The van der Waals surface area contributed by atoms with Crippen LogP contribution in [0.2, 0.25) is 0 Å². The molecule has 0 aliphatic rings. The molecule has 3 rings (SSSR count). The van der Waals surface area contributed by atoms with Crippen molar-refractivity contribution in [1.82, 2.24) is 4.98 Å². The van der Waals surface area contributed by atoms with Gasteiger partial charge in [0.05, 0.1) is 11.9 Å². The molecule has 1 aromatic heterocycles. The van der Waals surface area contributed by atoms with Crippen molar-refractivity contribution in [3.05, 3.63) is 65.6 Å². The van der Waals surface area contributed by atoms with E-state index in [4.69, 9.17) is 4.42 Å². The molecule has 3 aromatic rings. The molecule has 0 bridgehead atoms. The fraction of sp³-hybridized carbons (Fsp3) is 0.158. The van der Waals surface area contributed by atoms with E-state index in [0.717, 1.165) is 16.8 Å². The summed E-state index contributed by atoms with van der Waals surface area (Å²) in [6.07, 6.45) is 1.57. The van der Waals surface area contributed by atoms with Crippen LogP contribution in [0.15, 0.2) is 58.3 Å². The van der Waals surface area contributed by atoms with Gasteiger partial charge in [0.15, 0.2) is 5.76 Å². The molecule has 0 spiro atoms. The number of carbonyl (C=O) groups is 1. The van der Waals surface area contributed by atoms with E-state index in [1.54, 1.807) is 18.3 Å². The van der Waals surface area contributed by atoms with Crippen LogP contribution in [-0.2, 0) is 4.79 Å². The van der Waals surface area contributed by atoms with Gasteiger partial charge in [0.25, 0.3) is 5.22 Å². The largest absolute Gasteiger partial charge is 0.431 e. The van der Waals surface area contributed by atoms with Crippen LogP contribution in [-0.4, -0.2) is 16.6 Å². The third-order valence-electron chi connectivity index (χ3n) is 3.73. The fourth-order valence-corrected chi connectivity index (χ4v) is 2.82. The topological polar surface area (TPSA) is 55.1 Å². The number of carbonyl (C=O) groups excluding carboxylic acids is 1. The second-order valence-corrected chi connectivity index (χ2v) is 6.56. The number of anilines is 1. The molecule has 0 atom stereocenters. The molecular weight excluding hydrogens is 339 g/mol. The smallest absolute Gasteiger partial charge is 0.256 e. The third-order valence-corrected chi connectivity index (χ3v) is 4.57. The minimum absolute atomic E-state index is 0.130. The number of aryl methyl sites for hydroxylation is 2. The van der Waals surface area contributed by atoms with Gasteiger partial charge in [0, 0.05) is 11.3 Å². The van der Waals surface area contributed by atoms with E-state index >= 15 is 0 Å². The van der Waals surface area contributed by atoms with E-state index < -0.39 is 0 Å². The second kappa shape index (κ2) is 7.53. The van der Waals surface area contributed by atoms with E-state index in [1.807, 2.05) is 32.0 Å². The number of benzene rings is 2. The predicted octanol–water partition coefficient (Wildman–Crippen LogP) is 4.83. The van der Waals surface area contributed by atoms with Crippen LogP contribution in [0.5, 0.6) is 0 Å². The average molecular weight is 356 g/mol. The van der Waals surface area contributed by atoms with Crippen molar-refractivity contribution in [2.45, 2.75) is 19.1 Å². The monoisotopic (exact) mass is 356 g/mol. The lowest BCUT2D eigenvalue weighted by atomic mass is 10.1. The molecule has 25 heavy (non-hydrogen) atoms. The molecule has 1 amide bonds. The van der Waals surface area contributed by atoms with Gasteiger partial charge in [-0.15, -0.1) is 0 Å². The van der Waals surface area contributed by atoms with Crippen LogP contribution in [0, 0.1) is 19.7 Å². The highest BCUT2D eigenvalue weighted by Gasteiger charge is 2.10. The van der Waals surface area contributed by atoms with Crippen LogP contribution in [0.4, 0.5) is 10.1 Å². The Bertz CT molecular complexity index is 891. The molecule has 0 saturated heterocycles. The summed E-state index contributed by atoms with van der Waals surface area (Å²) in [7, 11) is 0. The summed E-state index contributed by atoms with van der Waals surface area (Å²) in [5, 5.41) is 3.25. The van der Waals surface area contributed by atoms with Gasteiger partial charge in [0.2, 0.25) is 5.91 Å². The molecule has 0 fully saturated rings. The summed E-state index contributed by atoms with van der Waals surface area (Å²) in [4.78, 5) is 16.2. The molecule has 4 nitrogen and oxygen atoms in total. The zero-order valence-electron chi connectivity index (χ0n) is 13.9. The Morgan fingerprint density at radius 2 is 1.92 bits per heavy atom. The predicted molar refractivity (Wildman–Crippen MR) is 97.2 cm³/mol. The standard InChI is InChI=1S/C19H17FN2O2S/c1-12-3-8-16(9-13(12)2)22-18(23)11-25-19-21-10-17(24-19)14-4-6-15(20)7-5-14/h3-10H,11H2,1-2H3,(H,22,23). The van der Waals surface area contributed by atoms with E-state index in [2.05, 4.69) is 10.3 Å². The van der Waals surface area contributed by atoms with Crippen LogP contribution in [0.25, 0.3) is 11.3 Å². The maximum atomic E-state index is 12.9. The molecule has 0 unspecified atom stereocenters. The maximum Gasteiger partial charge on any atom is 0.256 e. The first kappa shape index (κ1) is 17.2. The van der Waals surface area contributed by atoms with Crippen molar-refractivity contribution < 1.29 is 13.6 Å². The summed E-state index contributed by atoms with van der Waals surface area (Å²) in [5.41, 5.74) is 3.82. The fourth-order valence-electron chi connectivity index (χ4n) is 2.22. The lowest BCUT2D eigenvalue weighted by Crippen LogP contribution is -2.14. The normalized spacial score (nSPS) is 10.7. The minimum Gasteiger partial charge on any atom is -0.431 e. The van der Waals surface area contributed by atoms with Crippen molar-refractivity contribution in [1.29, 1.82) is 0 Å². The van der Waals surface area contributed by atoms with Crippen molar-refractivity contribution >= 4 is 23.4 Å². The zero-order valence-corrected chi connectivity index (χ0v) is 14.7. The molecule has 2 aromatic carbocycles. The number of oxazole rings is 1. The Morgan fingerprint density at radius 3 is 2.64 bits per heavy atom. The van der Waals surface area contributed by atoms with Crippen molar-refractivity contribution in [3.63, 3.8) is 0 Å². The van der Waals surface area contributed by atoms with Gasteiger partial charge in [0.1, 0.15) is 5.82 Å².